The fraction of sp³-hybridized carbons (Fsp3) is 0.500. The second-order valence-corrected chi connectivity index (χ2v) is 4.80. The lowest BCUT2D eigenvalue weighted by molar-refractivity contribution is -0.118. The quantitative estimate of drug-likeness (QED) is 0.802. The predicted octanol–water partition coefficient (Wildman–Crippen LogP) is 1.51. The lowest BCUT2D eigenvalue weighted by atomic mass is 10.3. The van der Waals surface area contributed by atoms with Gasteiger partial charge in [0.2, 0.25) is 5.91 Å². The summed E-state index contributed by atoms with van der Waals surface area (Å²) >= 11 is 1.75. The normalized spacial score (nSPS) is 22.7. The van der Waals surface area contributed by atoms with E-state index in [1.54, 1.807) is 11.3 Å². The van der Waals surface area contributed by atoms with Crippen LogP contribution in [0.1, 0.15) is 22.8 Å². The molecule has 0 aromatic carbocycles. The first-order valence-electron chi connectivity index (χ1n) is 4.80. The molecular weight excluding hydrogens is 196 g/mol. The summed E-state index contributed by atoms with van der Waals surface area (Å²) < 4.78 is 0. The first-order valence-corrected chi connectivity index (χ1v) is 5.62. The number of rotatable bonds is 2. The maximum Gasteiger partial charge on any atom is 0.235 e. The van der Waals surface area contributed by atoms with Crippen LogP contribution in [0.2, 0.25) is 0 Å². The molecule has 1 aromatic rings. The average molecular weight is 210 g/mol. The molecule has 0 aliphatic carbocycles. The Hall–Kier alpha value is -0.870. The van der Waals surface area contributed by atoms with Gasteiger partial charge >= 0.3 is 0 Å². The number of thiophene rings is 1. The molecule has 1 fully saturated rings. The Kier molecular flexibility index (Phi) is 2.56. The standard InChI is InChI=1S/C10H14N2OS/c1-3-12-6-9(13)11-10(12)8-5-4-7(2)14-8/h4-5,10H,3,6H2,1-2H3,(H,11,13). The maximum atomic E-state index is 11.3. The van der Waals surface area contributed by atoms with Crippen LogP contribution in [0.4, 0.5) is 0 Å². The number of likely N-dealkylation sites (N-methyl/N-ethyl adjacent to an activating group) is 1. The van der Waals surface area contributed by atoms with E-state index >= 15 is 0 Å². The zero-order chi connectivity index (χ0) is 10.1. The minimum absolute atomic E-state index is 0.103. The zero-order valence-electron chi connectivity index (χ0n) is 8.41. The highest BCUT2D eigenvalue weighted by molar-refractivity contribution is 7.12. The highest BCUT2D eigenvalue weighted by Crippen LogP contribution is 2.27. The molecule has 4 heteroatoms. The van der Waals surface area contributed by atoms with E-state index in [4.69, 9.17) is 0 Å². The van der Waals surface area contributed by atoms with Crippen LogP contribution in [0.15, 0.2) is 12.1 Å². The molecule has 1 amide bonds. The van der Waals surface area contributed by atoms with Crippen molar-refractivity contribution in [2.45, 2.75) is 20.0 Å². The van der Waals surface area contributed by atoms with Crippen LogP contribution in [0.25, 0.3) is 0 Å². The number of carbonyl (C=O) groups is 1. The van der Waals surface area contributed by atoms with Crippen molar-refractivity contribution in [2.24, 2.45) is 0 Å². The van der Waals surface area contributed by atoms with E-state index in [-0.39, 0.29) is 12.1 Å². The van der Waals surface area contributed by atoms with Gasteiger partial charge in [-0.15, -0.1) is 11.3 Å². The van der Waals surface area contributed by atoms with Crippen molar-refractivity contribution in [3.05, 3.63) is 21.9 Å². The molecule has 1 atom stereocenters. The van der Waals surface area contributed by atoms with Gasteiger partial charge in [-0.25, -0.2) is 0 Å². The van der Waals surface area contributed by atoms with Crippen LogP contribution in [-0.2, 0) is 4.79 Å². The van der Waals surface area contributed by atoms with Gasteiger partial charge < -0.3 is 5.32 Å². The summed E-state index contributed by atoms with van der Waals surface area (Å²) in [5, 5.41) is 2.98. The van der Waals surface area contributed by atoms with E-state index in [9.17, 15) is 4.79 Å². The molecule has 1 N–H and O–H groups in total. The smallest absolute Gasteiger partial charge is 0.235 e. The second kappa shape index (κ2) is 3.71. The SMILES string of the molecule is CCN1CC(=O)NC1c1ccc(C)s1. The van der Waals surface area contributed by atoms with Gasteiger partial charge in [0.05, 0.1) is 6.54 Å². The number of nitrogens with zero attached hydrogens (tertiary/aromatic N) is 1. The highest BCUT2D eigenvalue weighted by Gasteiger charge is 2.30. The van der Waals surface area contributed by atoms with Crippen molar-refractivity contribution in [3.8, 4) is 0 Å². The van der Waals surface area contributed by atoms with Crippen LogP contribution in [0.3, 0.4) is 0 Å². The lowest BCUT2D eigenvalue weighted by Gasteiger charge is -2.19. The van der Waals surface area contributed by atoms with E-state index in [0.717, 1.165) is 6.54 Å². The van der Waals surface area contributed by atoms with Crippen molar-refractivity contribution >= 4 is 17.2 Å². The van der Waals surface area contributed by atoms with Crippen molar-refractivity contribution in [2.75, 3.05) is 13.1 Å². The molecule has 76 valence electrons. The molecule has 1 aromatic heterocycles. The van der Waals surface area contributed by atoms with E-state index < -0.39 is 0 Å². The largest absolute Gasteiger partial charge is 0.335 e. The first kappa shape index (κ1) is 9.68. The molecule has 1 unspecified atom stereocenters. The van der Waals surface area contributed by atoms with E-state index in [2.05, 4.69) is 36.2 Å². The summed E-state index contributed by atoms with van der Waals surface area (Å²) in [6.45, 7) is 5.59. The van der Waals surface area contributed by atoms with Gasteiger partial charge in [-0.3, -0.25) is 9.69 Å². The number of aryl methyl sites for hydroxylation is 1. The van der Waals surface area contributed by atoms with Gasteiger partial charge in [-0.2, -0.15) is 0 Å². The zero-order valence-corrected chi connectivity index (χ0v) is 9.23. The molecule has 0 radical (unpaired) electrons. The topological polar surface area (TPSA) is 32.3 Å². The van der Waals surface area contributed by atoms with Gasteiger partial charge in [0.15, 0.2) is 0 Å². The summed E-state index contributed by atoms with van der Waals surface area (Å²) in [6, 6.07) is 4.19. The summed E-state index contributed by atoms with van der Waals surface area (Å²) in [6.07, 6.45) is 0.103. The Balaban J connectivity index is 2.21. The third kappa shape index (κ3) is 1.67. The van der Waals surface area contributed by atoms with Crippen molar-refractivity contribution in [3.63, 3.8) is 0 Å². The fourth-order valence-electron chi connectivity index (χ4n) is 1.71. The molecular formula is C10H14N2OS. The number of hydrogen-bond donors (Lipinski definition) is 1. The van der Waals surface area contributed by atoms with Crippen LogP contribution in [0.5, 0.6) is 0 Å². The first-order chi connectivity index (χ1) is 6.70. The number of hydrogen-bond acceptors (Lipinski definition) is 3. The number of carbonyl (C=O) groups excluding carboxylic acids is 1. The van der Waals surface area contributed by atoms with Gasteiger partial charge in [0.1, 0.15) is 6.17 Å². The van der Waals surface area contributed by atoms with Gasteiger partial charge in [0.25, 0.3) is 0 Å². The molecule has 1 aliphatic heterocycles. The molecule has 14 heavy (non-hydrogen) atoms. The van der Waals surface area contributed by atoms with Crippen LogP contribution in [-0.4, -0.2) is 23.9 Å². The Morgan fingerprint density at radius 3 is 3.00 bits per heavy atom. The molecule has 2 rings (SSSR count). The van der Waals surface area contributed by atoms with Gasteiger partial charge in [-0.05, 0) is 25.6 Å². The molecule has 0 saturated carbocycles. The van der Waals surface area contributed by atoms with Gasteiger partial charge in [-0.1, -0.05) is 6.92 Å². The van der Waals surface area contributed by atoms with Crippen LogP contribution >= 0.6 is 11.3 Å². The minimum atomic E-state index is 0.103. The summed E-state index contributed by atoms with van der Waals surface area (Å²) in [4.78, 5) is 15.9. The van der Waals surface area contributed by atoms with E-state index in [0.29, 0.717) is 6.54 Å². The molecule has 1 aliphatic rings. The molecule has 2 heterocycles. The fourth-order valence-corrected chi connectivity index (χ4v) is 2.67. The number of amides is 1. The summed E-state index contributed by atoms with van der Waals surface area (Å²) in [5.74, 6) is 0.128. The second-order valence-electron chi connectivity index (χ2n) is 3.48. The van der Waals surface area contributed by atoms with E-state index in [1.807, 2.05) is 0 Å². The molecule has 0 spiro atoms. The molecule has 3 nitrogen and oxygen atoms in total. The summed E-state index contributed by atoms with van der Waals surface area (Å²) in [7, 11) is 0. The minimum Gasteiger partial charge on any atom is -0.335 e. The average Bonchev–Trinajstić information content (AvgIpc) is 2.71. The summed E-state index contributed by atoms with van der Waals surface area (Å²) in [5.41, 5.74) is 0. The number of nitrogens with one attached hydrogen (secondary N) is 1. The van der Waals surface area contributed by atoms with Crippen molar-refractivity contribution < 1.29 is 4.79 Å². The van der Waals surface area contributed by atoms with Crippen LogP contribution in [0, 0.1) is 6.92 Å². The highest BCUT2D eigenvalue weighted by atomic mass is 32.1. The van der Waals surface area contributed by atoms with Crippen molar-refractivity contribution in [1.29, 1.82) is 0 Å². The molecule has 1 saturated heterocycles. The Labute approximate surface area is 87.7 Å². The molecule has 0 bridgehead atoms. The van der Waals surface area contributed by atoms with E-state index in [1.165, 1.54) is 9.75 Å². The third-order valence-corrected chi connectivity index (χ3v) is 3.50. The Morgan fingerprint density at radius 1 is 1.64 bits per heavy atom. The Morgan fingerprint density at radius 2 is 2.43 bits per heavy atom. The lowest BCUT2D eigenvalue weighted by Crippen LogP contribution is -2.26. The van der Waals surface area contributed by atoms with Crippen molar-refractivity contribution in [1.82, 2.24) is 10.2 Å². The third-order valence-electron chi connectivity index (χ3n) is 2.45. The van der Waals surface area contributed by atoms with Crippen LogP contribution < -0.4 is 5.32 Å². The maximum absolute atomic E-state index is 11.3. The Bertz CT molecular complexity index is 348. The monoisotopic (exact) mass is 210 g/mol. The predicted molar refractivity (Wildman–Crippen MR) is 57.2 cm³/mol. The van der Waals surface area contributed by atoms with Gasteiger partial charge in [0, 0.05) is 9.75 Å².